The van der Waals surface area contributed by atoms with Crippen LogP contribution in [-0.2, 0) is 28.9 Å². The first-order chi connectivity index (χ1) is 26.5. The Hall–Kier alpha value is -1.16. The highest BCUT2D eigenvalue weighted by atomic mass is 32.3. The minimum absolute atomic E-state index is 0.262. The summed E-state index contributed by atoms with van der Waals surface area (Å²) in [5.74, 6) is -0.262. The van der Waals surface area contributed by atoms with E-state index in [-0.39, 0.29) is 18.9 Å². The van der Waals surface area contributed by atoms with Gasteiger partial charge in [-0.1, -0.05) is 180 Å². The Morgan fingerprint density at radius 3 is 1.58 bits per heavy atom. The van der Waals surface area contributed by atoms with Crippen LogP contribution in [0.3, 0.4) is 0 Å². The SMILES string of the molecule is CCCCCCCCCCCCC/C=C/[C@@H](O)[C@H](COC1O[C@H](CO)[C@H](O)[C@H](OS(=O)(=O)O)[C@H]1O)NC(=O)CCCCCCCCCCCCCCCCC. The number of rotatable bonds is 37. The fourth-order valence-electron chi connectivity index (χ4n) is 7.10. The van der Waals surface area contributed by atoms with Gasteiger partial charge in [-0.25, -0.2) is 4.18 Å². The van der Waals surface area contributed by atoms with Crippen LogP contribution in [0.25, 0.3) is 0 Å². The summed E-state index contributed by atoms with van der Waals surface area (Å²) in [4.78, 5) is 13.0. The molecule has 0 aromatic rings. The van der Waals surface area contributed by atoms with Crippen LogP contribution in [0, 0.1) is 0 Å². The Balaban J connectivity index is 2.55. The van der Waals surface area contributed by atoms with Crippen LogP contribution in [0.15, 0.2) is 12.2 Å². The molecule has 0 bridgehead atoms. The average Bonchev–Trinajstić information content (AvgIpc) is 3.15. The number of aliphatic hydroxyl groups excluding tert-OH is 4. The first kappa shape index (κ1) is 51.9. The molecule has 0 aromatic heterocycles. The molecular formula is C42H81NO11S. The molecule has 1 fully saturated rings. The van der Waals surface area contributed by atoms with E-state index in [4.69, 9.17) is 14.0 Å². The van der Waals surface area contributed by atoms with E-state index in [0.717, 1.165) is 38.5 Å². The maximum Gasteiger partial charge on any atom is 0.397 e. The first-order valence-corrected chi connectivity index (χ1v) is 23.4. The Kier molecular flexibility index (Phi) is 31.8. The van der Waals surface area contributed by atoms with Gasteiger partial charge in [0, 0.05) is 6.42 Å². The molecule has 1 aliphatic heterocycles. The highest BCUT2D eigenvalue weighted by Crippen LogP contribution is 2.26. The molecule has 1 rings (SSSR count). The van der Waals surface area contributed by atoms with Gasteiger partial charge >= 0.3 is 10.4 Å². The Bertz CT molecular complexity index is 1050. The Morgan fingerprint density at radius 2 is 1.15 bits per heavy atom. The zero-order valence-corrected chi connectivity index (χ0v) is 35.3. The van der Waals surface area contributed by atoms with E-state index >= 15 is 0 Å². The quantitative estimate of drug-likeness (QED) is 0.0203. The molecule has 1 aliphatic rings. The van der Waals surface area contributed by atoms with E-state index in [1.807, 2.05) is 6.08 Å². The second-order valence-electron chi connectivity index (χ2n) is 15.6. The molecule has 13 heteroatoms. The molecule has 1 amide bonds. The number of nitrogens with one attached hydrogen (secondary N) is 1. The summed E-state index contributed by atoms with van der Waals surface area (Å²) in [5, 5.41) is 44.6. The summed E-state index contributed by atoms with van der Waals surface area (Å²) >= 11 is 0. The number of hydrogen-bond acceptors (Lipinski definition) is 10. The molecule has 326 valence electrons. The molecule has 0 spiro atoms. The van der Waals surface area contributed by atoms with Gasteiger partial charge in [-0.05, 0) is 19.3 Å². The van der Waals surface area contributed by atoms with Crippen LogP contribution in [0.1, 0.15) is 194 Å². The Morgan fingerprint density at radius 1 is 0.709 bits per heavy atom. The van der Waals surface area contributed by atoms with Crippen molar-refractivity contribution in [2.75, 3.05) is 13.2 Å². The molecule has 0 saturated carbocycles. The van der Waals surface area contributed by atoms with Crippen molar-refractivity contribution in [2.24, 2.45) is 0 Å². The van der Waals surface area contributed by atoms with Crippen molar-refractivity contribution in [2.45, 2.75) is 236 Å². The lowest BCUT2D eigenvalue weighted by Crippen LogP contribution is -2.61. The average molecular weight is 808 g/mol. The predicted octanol–water partition coefficient (Wildman–Crippen LogP) is 7.99. The van der Waals surface area contributed by atoms with Crippen molar-refractivity contribution in [1.82, 2.24) is 5.32 Å². The number of amides is 1. The fraction of sp³-hybridized carbons (Fsp3) is 0.929. The van der Waals surface area contributed by atoms with E-state index in [0.29, 0.717) is 6.42 Å². The summed E-state index contributed by atoms with van der Waals surface area (Å²) in [7, 11) is -5.08. The lowest BCUT2D eigenvalue weighted by molar-refractivity contribution is -0.298. The molecule has 6 N–H and O–H groups in total. The van der Waals surface area contributed by atoms with Crippen LogP contribution < -0.4 is 5.32 Å². The number of aliphatic hydroxyl groups is 4. The lowest BCUT2D eigenvalue weighted by Gasteiger charge is -2.41. The lowest BCUT2D eigenvalue weighted by atomic mass is 9.99. The van der Waals surface area contributed by atoms with Gasteiger partial charge in [-0.2, -0.15) is 8.42 Å². The van der Waals surface area contributed by atoms with Gasteiger partial charge in [0.15, 0.2) is 6.29 Å². The van der Waals surface area contributed by atoms with E-state index in [1.54, 1.807) is 6.08 Å². The van der Waals surface area contributed by atoms with Crippen molar-refractivity contribution < 1.29 is 51.8 Å². The van der Waals surface area contributed by atoms with Gasteiger partial charge < -0.3 is 35.2 Å². The summed E-state index contributed by atoms with van der Waals surface area (Å²) in [6.45, 7) is 3.37. The van der Waals surface area contributed by atoms with Gasteiger partial charge in [0.2, 0.25) is 5.91 Å². The van der Waals surface area contributed by atoms with Gasteiger partial charge in [0.05, 0.1) is 25.4 Å². The van der Waals surface area contributed by atoms with E-state index in [9.17, 15) is 33.6 Å². The van der Waals surface area contributed by atoms with Gasteiger partial charge in [-0.15, -0.1) is 0 Å². The predicted molar refractivity (Wildman–Crippen MR) is 218 cm³/mol. The van der Waals surface area contributed by atoms with Gasteiger partial charge in [-0.3, -0.25) is 9.35 Å². The highest BCUT2D eigenvalue weighted by molar-refractivity contribution is 7.80. The molecule has 12 nitrogen and oxygen atoms in total. The molecule has 0 aliphatic carbocycles. The normalized spacial score (nSPS) is 21.6. The minimum atomic E-state index is -5.08. The first-order valence-electron chi connectivity index (χ1n) is 22.1. The standard InChI is InChI=1S/C42H81NO11S/c1-3-5-7-9-11-13-15-17-18-20-22-24-26-28-30-32-38(46)43-35(36(45)31-29-27-25-23-21-19-16-14-12-10-8-6-4-2)34-52-42-40(48)41(54-55(49,50)51)39(47)37(33-44)53-42/h29,31,35-37,39-42,44-45,47-48H,3-28,30,32-34H2,1-2H3,(H,43,46)(H,49,50,51)/b31-29+/t35-,36+,37+,39-,40+,41-,42?/m0/s1. The van der Waals surface area contributed by atoms with Crippen LogP contribution >= 0.6 is 0 Å². The summed E-state index contributed by atoms with van der Waals surface area (Å²) < 4.78 is 47.5. The van der Waals surface area contributed by atoms with E-state index in [2.05, 4.69) is 23.3 Å². The molecular weight excluding hydrogens is 727 g/mol. The van der Waals surface area contributed by atoms with E-state index in [1.165, 1.54) is 128 Å². The smallest absolute Gasteiger partial charge is 0.394 e. The van der Waals surface area contributed by atoms with Gasteiger partial charge in [0.25, 0.3) is 0 Å². The van der Waals surface area contributed by atoms with Crippen LogP contribution in [-0.4, -0.2) is 95.4 Å². The highest BCUT2D eigenvalue weighted by Gasteiger charge is 2.48. The van der Waals surface area contributed by atoms with Crippen LogP contribution in [0.4, 0.5) is 0 Å². The molecule has 7 atom stereocenters. The zero-order valence-electron chi connectivity index (χ0n) is 34.5. The zero-order chi connectivity index (χ0) is 40.6. The molecule has 1 unspecified atom stereocenters. The summed E-state index contributed by atoms with van der Waals surface area (Å²) in [6.07, 6.45) is 26.8. The van der Waals surface area contributed by atoms with Crippen molar-refractivity contribution in [1.29, 1.82) is 0 Å². The molecule has 0 radical (unpaired) electrons. The third kappa shape index (κ3) is 27.2. The van der Waals surface area contributed by atoms with Crippen molar-refractivity contribution in [3.8, 4) is 0 Å². The topological polar surface area (TPSA) is 192 Å². The second-order valence-corrected chi connectivity index (χ2v) is 16.7. The number of allylic oxidation sites excluding steroid dienone is 1. The van der Waals surface area contributed by atoms with E-state index < -0.39 is 59.9 Å². The minimum Gasteiger partial charge on any atom is -0.394 e. The fourth-order valence-corrected chi connectivity index (χ4v) is 7.61. The number of carbonyl (C=O) groups excluding carboxylic acids is 1. The number of hydrogen-bond donors (Lipinski definition) is 6. The molecule has 1 heterocycles. The largest absolute Gasteiger partial charge is 0.397 e. The maximum atomic E-state index is 13.0. The third-order valence-corrected chi connectivity index (χ3v) is 11.0. The van der Waals surface area contributed by atoms with Crippen molar-refractivity contribution in [3.63, 3.8) is 0 Å². The summed E-state index contributed by atoms with van der Waals surface area (Å²) in [5.41, 5.74) is 0. The maximum absolute atomic E-state index is 13.0. The molecule has 0 aromatic carbocycles. The number of ether oxygens (including phenoxy) is 2. The summed E-state index contributed by atoms with van der Waals surface area (Å²) in [6, 6.07) is -0.936. The number of carbonyl (C=O) groups is 1. The van der Waals surface area contributed by atoms with Crippen molar-refractivity contribution >= 4 is 16.3 Å². The Labute approximate surface area is 334 Å². The second kappa shape index (κ2) is 33.8. The number of unbranched alkanes of at least 4 members (excludes halogenated alkanes) is 25. The molecule has 55 heavy (non-hydrogen) atoms. The third-order valence-electron chi connectivity index (χ3n) is 10.6. The monoisotopic (exact) mass is 808 g/mol. The van der Waals surface area contributed by atoms with Crippen LogP contribution in [0.2, 0.25) is 0 Å². The van der Waals surface area contributed by atoms with Crippen molar-refractivity contribution in [3.05, 3.63) is 12.2 Å². The molecule has 1 saturated heterocycles. The van der Waals surface area contributed by atoms with Gasteiger partial charge in [0.1, 0.15) is 24.4 Å². The van der Waals surface area contributed by atoms with Crippen LogP contribution in [0.5, 0.6) is 0 Å².